The first-order chi connectivity index (χ1) is 5.81. The second-order valence-corrected chi connectivity index (χ2v) is 1.89. The Labute approximate surface area is 79.4 Å². The molecule has 12 heavy (non-hydrogen) atoms. The van der Waals surface area contributed by atoms with Crippen molar-refractivity contribution in [2.24, 2.45) is 0 Å². The van der Waals surface area contributed by atoms with E-state index in [4.69, 9.17) is 0 Å². The second-order valence-electron chi connectivity index (χ2n) is 1.89. The van der Waals surface area contributed by atoms with Crippen molar-refractivity contribution in [3.8, 4) is 0 Å². The van der Waals surface area contributed by atoms with E-state index in [1.807, 2.05) is 40.7 Å². The van der Waals surface area contributed by atoms with Crippen molar-refractivity contribution in [2.75, 3.05) is 0 Å². The molecule has 0 heterocycles. The van der Waals surface area contributed by atoms with Crippen LogP contribution in [-0.2, 0) is 0 Å². The Morgan fingerprint density at radius 2 is 1.50 bits per heavy atom. The number of hydrogen-bond acceptors (Lipinski definition) is 0. The van der Waals surface area contributed by atoms with Gasteiger partial charge in [-0.2, -0.15) is 0 Å². The van der Waals surface area contributed by atoms with Crippen LogP contribution in [0.2, 0.25) is 0 Å². The van der Waals surface area contributed by atoms with Gasteiger partial charge in [0.15, 0.2) is 0 Å². The predicted octanol–water partition coefficient (Wildman–Crippen LogP) is 4.97. The van der Waals surface area contributed by atoms with Gasteiger partial charge in [0, 0.05) is 0 Å². The SMILES string of the molecule is C/C=C\C=C(\C)CC.CC.CC. The van der Waals surface area contributed by atoms with Crippen molar-refractivity contribution in [3.63, 3.8) is 0 Å². The Kier molecular flexibility index (Phi) is 32.8. The number of hydrogen-bond donors (Lipinski definition) is 0. The molecule has 0 rings (SSSR count). The summed E-state index contributed by atoms with van der Waals surface area (Å²) in [7, 11) is 0. The first-order valence-corrected chi connectivity index (χ1v) is 5.09. The van der Waals surface area contributed by atoms with Crippen LogP contribution in [0.25, 0.3) is 0 Å². The molecule has 0 heteroatoms. The lowest BCUT2D eigenvalue weighted by atomic mass is 10.2. The fourth-order valence-electron chi connectivity index (χ4n) is 0.378. The zero-order valence-corrected chi connectivity index (χ0v) is 9.94. The molecule has 0 nitrogen and oxygen atoms in total. The smallest absolute Gasteiger partial charge is 0.0349 e. The Morgan fingerprint density at radius 1 is 1.08 bits per heavy atom. The van der Waals surface area contributed by atoms with E-state index >= 15 is 0 Å². The molecule has 0 fully saturated rings. The molecule has 0 aromatic rings. The minimum Gasteiger partial charge on any atom is -0.0877 e. The number of rotatable bonds is 2. The molecular weight excluding hydrogens is 144 g/mol. The van der Waals surface area contributed by atoms with Crippen LogP contribution >= 0.6 is 0 Å². The third-order valence-corrected chi connectivity index (χ3v) is 1.13. The topological polar surface area (TPSA) is 0 Å². The van der Waals surface area contributed by atoms with E-state index in [9.17, 15) is 0 Å². The van der Waals surface area contributed by atoms with Crippen LogP contribution in [0, 0.1) is 0 Å². The summed E-state index contributed by atoms with van der Waals surface area (Å²) in [6, 6.07) is 0. The summed E-state index contributed by atoms with van der Waals surface area (Å²) in [5, 5.41) is 0. The van der Waals surface area contributed by atoms with Gasteiger partial charge in [0.05, 0.1) is 0 Å². The van der Waals surface area contributed by atoms with Crippen molar-refractivity contribution >= 4 is 0 Å². The summed E-state index contributed by atoms with van der Waals surface area (Å²) in [5.41, 5.74) is 1.43. The standard InChI is InChI=1S/C8H14.2C2H6/c1-4-6-7-8(3)5-2;2*1-2/h4,6-7H,5H2,1-3H3;2*1-2H3/b6-4-,8-7-;;. The largest absolute Gasteiger partial charge is 0.0877 e. The highest BCUT2D eigenvalue weighted by Gasteiger charge is 1.75. The molecule has 0 saturated carbocycles. The minimum absolute atomic E-state index is 1.16. The van der Waals surface area contributed by atoms with Gasteiger partial charge in [-0.25, -0.2) is 0 Å². The quantitative estimate of drug-likeness (QED) is 0.513. The molecule has 0 aliphatic carbocycles. The Hall–Kier alpha value is -0.520. The van der Waals surface area contributed by atoms with E-state index in [1.54, 1.807) is 0 Å². The van der Waals surface area contributed by atoms with Gasteiger partial charge < -0.3 is 0 Å². The van der Waals surface area contributed by atoms with Gasteiger partial charge in [0.1, 0.15) is 0 Å². The maximum Gasteiger partial charge on any atom is -0.0349 e. The van der Waals surface area contributed by atoms with E-state index in [-0.39, 0.29) is 0 Å². The van der Waals surface area contributed by atoms with Crippen LogP contribution in [0.1, 0.15) is 54.9 Å². The molecule has 0 unspecified atom stereocenters. The third kappa shape index (κ3) is 22.7. The second kappa shape index (κ2) is 22.4. The van der Waals surface area contributed by atoms with Crippen LogP contribution < -0.4 is 0 Å². The van der Waals surface area contributed by atoms with Crippen molar-refractivity contribution < 1.29 is 0 Å². The number of allylic oxidation sites excluding steroid dienone is 4. The maximum absolute atomic E-state index is 2.16. The van der Waals surface area contributed by atoms with E-state index in [1.165, 1.54) is 5.57 Å². The summed E-state index contributed by atoms with van der Waals surface area (Å²) < 4.78 is 0. The van der Waals surface area contributed by atoms with Gasteiger partial charge in [-0.15, -0.1) is 0 Å². The average Bonchev–Trinajstić information content (AvgIpc) is 2.20. The van der Waals surface area contributed by atoms with Gasteiger partial charge in [0.2, 0.25) is 0 Å². The zero-order chi connectivity index (χ0) is 10.4. The molecule has 0 amide bonds. The third-order valence-electron chi connectivity index (χ3n) is 1.13. The van der Waals surface area contributed by atoms with Gasteiger partial charge >= 0.3 is 0 Å². The van der Waals surface area contributed by atoms with Gasteiger partial charge in [0.25, 0.3) is 0 Å². The monoisotopic (exact) mass is 170 g/mol. The van der Waals surface area contributed by atoms with Crippen LogP contribution in [0.15, 0.2) is 23.8 Å². The summed E-state index contributed by atoms with van der Waals surface area (Å²) >= 11 is 0. The molecule has 0 saturated heterocycles. The predicted molar refractivity (Wildman–Crippen MR) is 61.6 cm³/mol. The molecule has 0 aromatic carbocycles. The molecule has 0 spiro atoms. The van der Waals surface area contributed by atoms with Crippen LogP contribution in [0.5, 0.6) is 0 Å². The van der Waals surface area contributed by atoms with Crippen LogP contribution in [-0.4, -0.2) is 0 Å². The first kappa shape index (κ1) is 17.5. The fourth-order valence-corrected chi connectivity index (χ4v) is 0.378. The van der Waals surface area contributed by atoms with E-state index in [0.717, 1.165) is 6.42 Å². The lowest BCUT2D eigenvalue weighted by molar-refractivity contribution is 1.10. The molecule has 0 bridgehead atoms. The Balaban J connectivity index is -0.000000175. The highest BCUT2D eigenvalue weighted by molar-refractivity contribution is 5.08. The van der Waals surface area contributed by atoms with E-state index in [2.05, 4.69) is 26.0 Å². The minimum atomic E-state index is 1.16. The summed E-state index contributed by atoms with van der Waals surface area (Å²) in [4.78, 5) is 0. The molecule has 74 valence electrons. The van der Waals surface area contributed by atoms with Crippen molar-refractivity contribution in [1.82, 2.24) is 0 Å². The van der Waals surface area contributed by atoms with Gasteiger partial charge in [-0.3, -0.25) is 0 Å². The molecule has 0 atom stereocenters. The normalized spacial score (nSPS) is 9.75. The van der Waals surface area contributed by atoms with Gasteiger partial charge in [-0.1, -0.05) is 58.4 Å². The highest BCUT2D eigenvalue weighted by atomic mass is 13.8. The molecule has 0 aromatic heterocycles. The molecular formula is C12H26. The fraction of sp³-hybridized carbons (Fsp3) is 0.667. The molecule has 0 radical (unpaired) electrons. The van der Waals surface area contributed by atoms with Crippen molar-refractivity contribution in [3.05, 3.63) is 23.8 Å². The van der Waals surface area contributed by atoms with Crippen LogP contribution in [0.3, 0.4) is 0 Å². The summed E-state index contributed by atoms with van der Waals surface area (Å²) in [6.07, 6.45) is 7.41. The van der Waals surface area contributed by atoms with Crippen molar-refractivity contribution in [2.45, 2.75) is 54.9 Å². The average molecular weight is 170 g/mol. The molecule has 0 N–H and O–H groups in total. The molecule has 0 aliphatic rings. The highest BCUT2D eigenvalue weighted by Crippen LogP contribution is 1.96. The Bertz CT molecular complexity index is 96.6. The lowest BCUT2D eigenvalue weighted by Gasteiger charge is -1.87. The van der Waals surface area contributed by atoms with Gasteiger partial charge in [-0.05, 0) is 20.3 Å². The van der Waals surface area contributed by atoms with E-state index < -0.39 is 0 Å². The first-order valence-electron chi connectivity index (χ1n) is 5.09. The van der Waals surface area contributed by atoms with Crippen molar-refractivity contribution in [1.29, 1.82) is 0 Å². The lowest BCUT2D eigenvalue weighted by Crippen LogP contribution is -1.66. The van der Waals surface area contributed by atoms with Crippen LogP contribution in [0.4, 0.5) is 0 Å². The van der Waals surface area contributed by atoms with E-state index in [0.29, 0.717) is 0 Å². The molecule has 0 aliphatic heterocycles. The summed E-state index contributed by atoms with van der Waals surface area (Å²) in [5.74, 6) is 0. The maximum atomic E-state index is 2.16. The Morgan fingerprint density at radius 3 is 1.75 bits per heavy atom. The zero-order valence-electron chi connectivity index (χ0n) is 9.94. The summed E-state index contributed by atoms with van der Waals surface area (Å²) in [6.45, 7) is 14.3.